The van der Waals surface area contributed by atoms with Gasteiger partial charge in [-0.25, -0.2) is 0 Å². The summed E-state index contributed by atoms with van der Waals surface area (Å²) in [5.41, 5.74) is 0.538. The first kappa shape index (κ1) is 14.0. The average Bonchev–Trinajstić information content (AvgIpc) is 2.83. The van der Waals surface area contributed by atoms with Crippen LogP contribution >= 0.6 is 0 Å². The molecule has 7 nitrogen and oxygen atoms in total. The summed E-state index contributed by atoms with van der Waals surface area (Å²) < 4.78 is 5.19. The highest BCUT2D eigenvalue weighted by atomic mass is 16.6. The van der Waals surface area contributed by atoms with Gasteiger partial charge in [0, 0.05) is 19.0 Å². The molecule has 2 amide bonds. The molecule has 1 saturated heterocycles. The maximum absolute atomic E-state index is 11.8. The van der Waals surface area contributed by atoms with E-state index in [1.807, 2.05) is 0 Å². The molecule has 1 aliphatic rings. The fourth-order valence-electron chi connectivity index (χ4n) is 2.02. The van der Waals surface area contributed by atoms with Gasteiger partial charge in [0.2, 0.25) is 5.91 Å². The zero-order valence-electron chi connectivity index (χ0n) is 11.0. The normalized spacial score (nSPS) is 14.4. The van der Waals surface area contributed by atoms with Crippen molar-refractivity contribution in [2.24, 2.45) is 0 Å². The van der Waals surface area contributed by atoms with Crippen LogP contribution in [0.2, 0.25) is 0 Å². The summed E-state index contributed by atoms with van der Waals surface area (Å²) in [7, 11) is 0. The van der Waals surface area contributed by atoms with Crippen LogP contribution in [0, 0.1) is 17.0 Å². The van der Waals surface area contributed by atoms with E-state index in [0.29, 0.717) is 19.4 Å². The molecule has 106 valence electrons. The molecule has 7 heteroatoms. The van der Waals surface area contributed by atoms with Crippen LogP contribution in [0.1, 0.15) is 18.4 Å². The number of rotatable bonds is 4. The van der Waals surface area contributed by atoms with Crippen molar-refractivity contribution >= 4 is 17.5 Å². The number of nitro groups is 1. The topological polar surface area (TPSA) is 89.8 Å². The van der Waals surface area contributed by atoms with Crippen LogP contribution in [0.15, 0.2) is 18.2 Å². The Kier molecular flexibility index (Phi) is 3.97. The molecular weight excluding hydrogens is 264 g/mol. The molecule has 0 radical (unpaired) electrons. The van der Waals surface area contributed by atoms with Crippen molar-refractivity contribution in [1.82, 2.24) is 4.90 Å². The first-order valence-electron chi connectivity index (χ1n) is 6.20. The maximum atomic E-state index is 11.8. The number of likely N-dealkylation sites (tertiary alicyclic amines) is 1. The Labute approximate surface area is 115 Å². The van der Waals surface area contributed by atoms with E-state index in [2.05, 4.69) is 0 Å². The van der Waals surface area contributed by atoms with Crippen LogP contribution in [0.4, 0.5) is 5.69 Å². The lowest BCUT2D eigenvalue weighted by atomic mass is 10.2. The molecule has 20 heavy (non-hydrogen) atoms. The number of hydrogen-bond acceptors (Lipinski definition) is 5. The van der Waals surface area contributed by atoms with Gasteiger partial charge in [0.05, 0.1) is 4.92 Å². The number of hydrogen-bond donors (Lipinski definition) is 0. The largest absolute Gasteiger partial charge is 0.477 e. The van der Waals surface area contributed by atoms with Crippen molar-refractivity contribution in [2.75, 3.05) is 13.2 Å². The number of amides is 2. The summed E-state index contributed by atoms with van der Waals surface area (Å²) in [6.07, 6.45) is 1.01. The maximum Gasteiger partial charge on any atom is 0.311 e. The number of nitro benzene ring substituents is 1. The lowest BCUT2D eigenvalue weighted by molar-refractivity contribution is -0.385. The van der Waals surface area contributed by atoms with E-state index < -0.39 is 10.8 Å². The van der Waals surface area contributed by atoms with Gasteiger partial charge in [0.15, 0.2) is 12.4 Å². The van der Waals surface area contributed by atoms with Crippen LogP contribution in [0.5, 0.6) is 5.75 Å². The minimum Gasteiger partial charge on any atom is -0.477 e. The number of imide groups is 1. The molecule has 1 heterocycles. The van der Waals surface area contributed by atoms with Crippen molar-refractivity contribution in [2.45, 2.75) is 19.8 Å². The third-order valence-electron chi connectivity index (χ3n) is 3.04. The lowest BCUT2D eigenvalue weighted by Gasteiger charge is -2.14. The predicted octanol–water partition coefficient (Wildman–Crippen LogP) is 1.43. The summed E-state index contributed by atoms with van der Waals surface area (Å²) in [5.74, 6) is -0.667. The average molecular weight is 278 g/mol. The van der Waals surface area contributed by atoms with Gasteiger partial charge in [0.1, 0.15) is 0 Å². The minimum absolute atomic E-state index is 0.0283. The van der Waals surface area contributed by atoms with Gasteiger partial charge in [-0.2, -0.15) is 0 Å². The Hall–Kier alpha value is -2.44. The molecule has 0 bridgehead atoms. The lowest BCUT2D eigenvalue weighted by Crippen LogP contribution is -2.35. The van der Waals surface area contributed by atoms with E-state index in [1.54, 1.807) is 13.0 Å². The molecule has 1 aromatic rings. The molecule has 1 aromatic carbocycles. The van der Waals surface area contributed by atoms with E-state index >= 15 is 0 Å². The van der Waals surface area contributed by atoms with E-state index in [9.17, 15) is 19.7 Å². The molecule has 2 rings (SSSR count). The highest BCUT2D eigenvalue weighted by Gasteiger charge is 2.27. The summed E-state index contributed by atoms with van der Waals surface area (Å²) in [6.45, 7) is 1.73. The SMILES string of the molecule is Cc1ccc(OCC(=O)N2CCCC2=O)c([N+](=O)[O-])c1. The van der Waals surface area contributed by atoms with E-state index in [1.165, 1.54) is 12.1 Å². The molecular formula is C13H14N2O5. The fraction of sp³-hybridized carbons (Fsp3) is 0.385. The quantitative estimate of drug-likeness (QED) is 0.614. The zero-order valence-corrected chi connectivity index (χ0v) is 11.0. The standard InChI is InChI=1S/C13H14N2O5/c1-9-4-5-11(10(7-9)15(18)19)20-8-13(17)14-6-2-3-12(14)16/h4-5,7H,2-3,6,8H2,1H3. The van der Waals surface area contributed by atoms with Gasteiger partial charge in [-0.3, -0.25) is 24.6 Å². The number of carbonyl (C=O) groups is 2. The summed E-state index contributed by atoms with van der Waals surface area (Å²) in [6, 6.07) is 4.49. The Bertz CT molecular complexity index is 570. The molecule has 0 unspecified atom stereocenters. The van der Waals surface area contributed by atoms with Gasteiger partial charge >= 0.3 is 5.69 Å². The number of ether oxygens (including phenoxy) is 1. The van der Waals surface area contributed by atoms with Gasteiger partial charge in [-0.15, -0.1) is 0 Å². The van der Waals surface area contributed by atoms with Crippen molar-refractivity contribution in [1.29, 1.82) is 0 Å². The number of aryl methyl sites for hydroxylation is 1. The zero-order chi connectivity index (χ0) is 14.7. The van der Waals surface area contributed by atoms with Crippen molar-refractivity contribution in [3.05, 3.63) is 33.9 Å². The van der Waals surface area contributed by atoms with Crippen LogP contribution in [-0.2, 0) is 9.59 Å². The molecule has 0 aromatic heterocycles. The van der Waals surface area contributed by atoms with Gasteiger partial charge in [0.25, 0.3) is 5.91 Å². The minimum atomic E-state index is -0.562. The fourth-order valence-corrected chi connectivity index (χ4v) is 2.02. The number of carbonyl (C=O) groups excluding carboxylic acids is 2. The second-order valence-corrected chi connectivity index (χ2v) is 4.56. The smallest absolute Gasteiger partial charge is 0.311 e. The Balaban J connectivity index is 2.05. The van der Waals surface area contributed by atoms with Crippen LogP contribution < -0.4 is 4.74 Å². The van der Waals surface area contributed by atoms with Gasteiger partial charge in [-0.1, -0.05) is 6.07 Å². The molecule has 0 atom stereocenters. The third-order valence-corrected chi connectivity index (χ3v) is 3.04. The third kappa shape index (κ3) is 2.93. The molecule has 1 aliphatic heterocycles. The summed E-state index contributed by atoms with van der Waals surface area (Å²) in [5, 5.41) is 10.9. The van der Waals surface area contributed by atoms with Crippen LogP contribution in [-0.4, -0.2) is 34.8 Å². The van der Waals surface area contributed by atoms with Crippen LogP contribution in [0.25, 0.3) is 0 Å². The predicted molar refractivity (Wildman–Crippen MR) is 69.3 cm³/mol. The van der Waals surface area contributed by atoms with E-state index in [4.69, 9.17) is 4.74 Å². The summed E-state index contributed by atoms with van der Waals surface area (Å²) in [4.78, 5) is 34.6. The van der Waals surface area contributed by atoms with E-state index in [-0.39, 0.29) is 24.0 Å². The molecule has 0 N–H and O–H groups in total. The second-order valence-electron chi connectivity index (χ2n) is 4.56. The Morgan fingerprint density at radius 3 is 2.85 bits per heavy atom. The summed E-state index contributed by atoms with van der Waals surface area (Å²) >= 11 is 0. The van der Waals surface area contributed by atoms with Crippen molar-refractivity contribution in [3.63, 3.8) is 0 Å². The van der Waals surface area contributed by atoms with Gasteiger partial charge < -0.3 is 4.74 Å². The number of nitrogens with zero attached hydrogens (tertiary/aromatic N) is 2. The van der Waals surface area contributed by atoms with Gasteiger partial charge in [-0.05, 0) is 25.0 Å². The van der Waals surface area contributed by atoms with Crippen LogP contribution in [0.3, 0.4) is 0 Å². The monoisotopic (exact) mass is 278 g/mol. The highest BCUT2D eigenvalue weighted by molar-refractivity contribution is 5.97. The Morgan fingerprint density at radius 2 is 2.25 bits per heavy atom. The molecule has 0 aliphatic carbocycles. The second kappa shape index (κ2) is 5.68. The Morgan fingerprint density at radius 1 is 1.50 bits per heavy atom. The van der Waals surface area contributed by atoms with Crippen molar-refractivity contribution in [3.8, 4) is 5.75 Å². The molecule has 0 saturated carbocycles. The molecule has 0 spiro atoms. The first-order valence-corrected chi connectivity index (χ1v) is 6.20. The van der Waals surface area contributed by atoms with E-state index in [0.717, 1.165) is 10.5 Å². The number of benzene rings is 1. The van der Waals surface area contributed by atoms with Crippen molar-refractivity contribution < 1.29 is 19.2 Å². The first-order chi connectivity index (χ1) is 9.49. The molecule has 1 fully saturated rings. The highest BCUT2D eigenvalue weighted by Crippen LogP contribution is 2.27.